The van der Waals surface area contributed by atoms with Crippen LogP contribution in [0.5, 0.6) is 0 Å². The van der Waals surface area contributed by atoms with E-state index in [1.807, 2.05) is 24.1 Å². The molecule has 1 aromatic carbocycles. The van der Waals surface area contributed by atoms with E-state index in [1.165, 1.54) is 0 Å². The molecule has 19 heavy (non-hydrogen) atoms. The van der Waals surface area contributed by atoms with Gasteiger partial charge in [0.25, 0.3) is 0 Å². The molecule has 1 amide bonds. The lowest BCUT2D eigenvalue weighted by molar-refractivity contribution is -0.129. The number of halogens is 1. The molecular formula is C14H20FN3O. The van der Waals surface area contributed by atoms with E-state index in [0.29, 0.717) is 38.4 Å². The second-order valence-electron chi connectivity index (χ2n) is 4.81. The number of piperazine rings is 1. The van der Waals surface area contributed by atoms with Crippen LogP contribution >= 0.6 is 0 Å². The largest absolute Gasteiger partial charge is 0.366 e. The van der Waals surface area contributed by atoms with E-state index in [9.17, 15) is 9.18 Å². The van der Waals surface area contributed by atoms with Crippen LogP contribution in [0.4, 0.5) is 10.1 Å². The zero-order valence-electron chi connectivity index (χ0n) is 11.4. The molecule has 0 atom stereocenters. The molecule has 2 rings (SSSR count). The van der Waals surface area contributed by atoms with Crippen LogP contribution in [0.2, 0.25) is 0 Å². The smallest absolute Gasteiger partial charge is 0.219 e. The number of hydrogen-bond donors (Lipinski definition) is 1. The van der Waals surface area contributed by atoms with Gasteiger partial charge in [0, 0.05) is 39.6 Å². The summed E-state index contributed by atoms with van der Waals surface area (Å²) in [6, 6.07) is 5.33. The monoisotopic (exact) mass is 265 g/mol. The molecule has 0 radical (unpaired) electrons. The topological polar surface area (TPSA) is 35.6 Å². The summed E-state index contributed by atoms with van der Waals surface area (Å²) < 4.78 is 14.1. The van der Waals surface area contributed by atoms with Crippen LogP contribution < -0.4 is 10.2 Å². The number of anilines is 1. The Kier molecular flexibility index (Phi) is 4.37. The summed E-state index contributed by atoms with van der Waals surface area (Å²) in [6.45, 7) is 4.92. The Morgan fingerprint density at radius 3 is 2.53 bits per heavy atom. The Labute approximate surface area is 113 Å². The molecule has 0 aliphatic carbocycles. The van der Waals surface area contributed by atoms with Crippen molar-refractivity contribution < 1.29 is 9.18 Å². The van der Waals surface area contributed by atoms with E-state index < -0.39 is 0 Å². The average molecular weight is 265 g/mol. The van der Waals surface area contributed by atoms with Crippen LogP contribution in [0.15, 0.2) is 18.2 Å². The Balaban J connectivity index is 2.05. The van der Waals surface area contributed by atoms with E-state index in [1.54, 1.807) is 17.9 Å². The summed E-state index contributed by atoms with van der Waals surface area (Å²) in [7, 11) is 1.84. The molecule has 1 aromatic rings. The van der Waals surface area contributed by atoms with Crippen molar-refractivity contribution in [3.05, 3.63) is 29.6 Å². The van der Waals surface area contributed by atoms with Gasteiger partial charge in [-0.15, -0.1) is 0 Å². The molecule has 1 N–H and O–H groups in total. The maximum Gasteiger partial charge on any atom is 0.219 e. The number of rotatable bonds is 3. The predicted molar refractivity (Wildman–Crippen MR) is 73.6 cm³/mol. The summed E-state index contributed by atoms with van der Waals surface area (Å²) in [5.74, 6) is -0.103. The normalized spacial score (nSPS) is 15.7. The van der Waals surface area contributed by atoms with Crippen LogP contribution in [-0.2, 0) is 11.3 Å². The Hall–Kier alpha value is -1.62. The molecule has 4 nitrogen and oxygen atoms in total. The van der Waals surface area contributed by atoms with E-state index in [2.05, 4.69) is 5.32 Å². The van der Waals surface area contributed by atoms with E-state index >= 15 is 0 Å². The van der Waals surface area contributed by atoms with Gasteiger partial charge in [0.05, 0.1) is 5.69 Å². The number of hydrogen-bond acceptors (Lipinski definition) is 3. The van der Waals surface area contributed by atoms with Gasteiger partial charge in [-0.3, -0.25) is 4.79 Å². The highest BCUT2D eigenvalue weighted by Gasteiger charge is 2.20. The molecule has 1 fully saturated rings. The Morgan fingerprint density at radius 2 is 2.00 bits per heavy atom. The summed E-state index contributed by atoms with van der Waals surface area (Å²) >= 11 is 0. The van der Waals surface area contributed by atoms with Crippen molar-refractivity contribution in [2.45, 2.75) is 13.5 Å². The van der Waals surface area contributed by atoms with Crippen molar-refractivity contribution in [3.63, 3.8) is 0 Å². The van der Waals surface area contributed by atoms with Crippen molar-refractivity contribution in [2.75, 3.05) is 38.1 Å². The molecule has 5 heteroatoms. The van der Waals surface area contributed by atoms with Gasteiger partial charge in [-0.25, -0.2) is 4.39 Å². The molecule has 104 valence electrons. The second kappa shape index (κ2) is 6.02. The van der Waals surface area contributed by atoms with E-state index in [0.717, 1.165) is 5.56 Å². The van der Waals surface area contributed by atoms with Gasteiger partial charge in [0.2, 0.25) is 5.91 Å². The zero-order valence-corrected chi connectivity index (χ0v) is 11.4. The van der Waals surface area contributed by atoms with Crippen LogP contribution in [0.1, 0.15) is 12.5 Å². The molecule has 0 aromatic heterocycles. The summed E-state index contributed by atoms with van der Waals surface area (Å²) in [4.78, 5) is 15.0. The van der Waals surface area contributed by atoms with Crippen LogP contribution in [0, 0.1) is 5.82 Å². The highest BCUT2D eigenvalue weighted by atomic mass is 19.1. The summed E-state index contributed by atoms with van der Waals surface area (Å²) in [5, 5.41) is 3.00. The zero-order chi connectivity index (χ0) is 13.8. The highest BCUT2D eigenvalue weighted by molar-refractivity contribution is 5.73. The van der Waals surface area contributed by atoms with Crippen LogP contribution in [0.25, 0.3) is 0 Å². The second-order valence-corrected chi connectivity index (χ2v) is 4.81. The highest BCUT2D eigenvalue weighted by Crippen LogP contribution is 2.22. The van der Waals surface area contributed by atoms with Gasteiger partial charge in [0.1, 0.15) is 5.82 Å². The lowest BCUT2D eigenvalue weighted by Crippen LogP contribution is -2.48. The van der Waals surface area contributed by atoms with Crippen molar-refractivity contribution in [3.8, 4) is 0 Å². The van der Waals surface area contributed by atoms with Crippen LogP contribution in [-0.4, -0.2) is 44.0 Å². The third-order valence-electron chi connectivity index (χ3n) is 3.46. The van der Waals surface area contributed by atoms with Crippen LogP contribution in [0.3, 0.4) is 0 Å². The van der Waals surface area contributed by atoms with Gasteiger partial charge in [-0.1, -0.05) is 6.07 Å². The van der Waals surface area contributed by atoms with Gasteiger partial charge in [0.15, 0.2) is 0 Å². The standard InChI is InChI=1S/C14H20FN3O/c1-11(19)17-5-7-18(8-6-17)14-4-3-12(10-16-2)9-13(14)15/h3-4,9,16H,5-8,10H2,1-2H3. The first-order valence-electron chi connectivity index (χ1n) is 6.55. The van der Waals surface area contributed by atoms with Gasteiger partial charge in [-0.2, -0.15) is 0 Å². The van der Waals surface area contributed by atoms with Crippen molar-refractivity contribution >= 4 is 11.6 Å². The maximum atomic E-state index is 14.1. The molecule has 0 unspecified atom stereocenters. The quantitative estimate of drug-likeness (QED) is 0.892. The first-order chi connectivity index (χ1) is 9.11. The molecule has 0 bridgehead atoms. The van der Waals surface area contributed by atoms with E-state index in [-0.39, 0.29) is 11.7 Å². The molecule has 1 saturated heterocycles. The fraction of sp³-hybridized carbons (Fsp3) is 0.500. The summed E-state index contributed by atoms with van der Waals surface area (Å²) in [5.41, 5.74) is 1.56. The minimum absolute atomic E-state index is 0.0875. The number of nitrogens with one attached hydrogen (secondary N) is 1. The predicted octanol–water partition coefficient (Wildman–Crippen LogP) is 1.21. The molecule has 1 heterocycles. The molecule has 0 spiro atoms. The van der Waals surface area contributed by atoms with E-state index in [4.69, 9.17) is 0 Å². The molecule has 0 saturated carbocycles. The third-order valence-corrected chi connectivity index (χ3v) is 3.46. The van der Waals surface area contributed by atoms with Gasteiger partial charge < -0.3 is 15.1 Å². The van der Waals surface area contributed by atoms with Crippen molar-refractivity contribution in [1.82, 2.24) is 10.2 Å². The number of carbonyl (C=O) groups is 1. The van der Waals surface area contributed by atoms with Gasteiger partial charge >= 0.3 is 0 Å². The number of nitrogens with zero attached hydrogens (tertiary/aromatic N) is 2. The lowest BCUT2D eigenvalue weighted by Gasteiger charge is -2.35. The minimum atomic E-state index is -0.191. The third kappa shape index (κ3) is 3.23. The van der Waals surface area contributed by atoms with Crippen molar-refractivity contribution in [2.24, 2.45) is 0 Å². The SMILES string of the molecule is CNCc1ccc(N2CCN(C(C)=O)CC2)c(F)c1. The first kappa shape index (κ1) is 13.8. The molecular weight excluding hydrogens is 245 g/mol. The lowest BCUT2D eigenvalue weighted by atomic mass is 10.1. The fourth-order valence-corrected chi connectivity index (χ4v) is 2.38. The number of benzene rings is 1. The van der Waals surface area contributed by atoms with Crippen molar-refractivity contribution in [1.29, 1.82) is 0 Å². The average Bonchev–Trinajstić information content (AvgIpc) is 2.39. The molecule has 1 aliphatic rings. The minimum Gasteiger partial charge on any atom is -0.366 e. The first-order valence-corrected chi connectivity index (χ1v) is 6.55. The number of carbonyl (C=O) groups excluding carboxylic acids is 1. The fourth-order valence-electron chi connectivity index (χ4n) is 2.38. The number of amides is 1. The Morgan fingerprint density at radius 1 is 1.32 bits per heavy atom. The van der Waals surface area contributed by atoms with Gasteiger partial charge in [-0.05, 0) is 24.7 Å². The Bertz CT molecular complexity index is 456. The summed E-state index contributed by atoms with van der Waals surface area (Å²) in [6.07, 6.45) is 0. The maximum absolute atomic E-state index is 14.1. The molecule has 1 aliphatic heterocycles.